The molecule has 10 heteroatoms. The van der Waals surface area contributed by atoms with Crippen LogP contribution in [0.3, 0.4) is 0 Å². The van der Waals surface area contributed by atoms with Crippen molar-refractivity contribution in [1.29, 1.82) is 0 Å². The highest BCUT2D eigenvalue weighted by atomic mass is 35.5. The molecule has 2 aromatic carbocycles. The average Bonchev–Trinajstić information content (AvgIpc) is 2.63. The first-order valence-corrected chi connectivity index (χ1v) is 9.93. The quantitative estimate of drug-likeness (QED) is 0.758. The van der Waals surface area contributed by atoms with Crippen molar-refractivity contribution in [1.82, 2.24) is 0 Å². The van der Waals surface area contributed by atoms with E-state index in [1.54, 1.807) is 18.2 Å². The molecule has 2 aromatic rings. The molecule has 0 aliphatic carbocycles. The zero-order valence-corrected chi connectivity index (χ0v) is 16.1. The van der Waals surface area contributed by atoms with Crippen LogP contribution >= 0.6 is 23.2 Å². The van der Waals surface area contributed by atoms with Gasteiger partial charge in [-0.25, -0.2) is 8.42 Å². The maximum atomic E-state index is 12.7. The predicted octanol–water partition coefficient (Wildman–Crippen LogP) is 3.62. The number of nitrogens with one attached hydrogen (secondary N) is 2. The highest BCUT2D eigenvalue weighted by Crippen LogP contribution is 2.28. The molecule has 0 aromatic heterocycles. The van der Waals surface area contributed by atoms with Gasteiger partial charge in [0, 0.05) is 10.7 Å². The van der Waals surface area contributed by atoms with E-state index in [4.69, 9.17) is 32.7 Å². The van der Waals surface area contributed by atoms with Crippen molar-refractivity contribution < 1.29 is 22.7 Å². The van der Waals surface area contributed by atoms with Crippen LogP contribution in [0.5, 0.6) is 0 Å². The Morgan fingerprint density at radius 3 is 2.56 bits per heavy atom. The third kappa shape index (κ3) is 4.85. The van der Waals surface area contributed by atoms with Crippen LogP contribution in [0.1, 0.15) is 0 Å². The number of hydrogen-bond donors (Lipinski definition) is 2. The van der Waals surface area contributed by atoms with Crippen LogP contribution < -0.4 is 10.0 Å². The summed E-state index contributed by atoms with van der Waals surface area (Å²) >= 11 is 11.9. The summed E-state index contributed by atoms with van der Waals surface area (Å²) in [6.07, 6.45) is 1.20. The monoisotopic (exact) mass is 428 g/mol. The molecule has 0 fully saturated rings. The number of carbonyl (C=O) groups excluding carboxylic acids is 1. The molecule has 0 unspecified atom stereocenters. The van der Waals surface area contributed by atoms with Gasteiger partial charge in [0.25, 0.3) is 15.9 Å². The van der Waals surface area contributed by atoms with Crippen molar-refractivity contribution in [3.05, 3.63) is 64.5 Å². The van der Waals surface area contributed by atoms with Crippen LogP contribution in [0.25, 0.3) is 0 Å². The Labute approximate surface area is 165 Å². The lowest BCUT2D eigenvalue weighted by Gasteiger charge is -2.16. The zero-order valence-electron chi connectivity index (χ0n) is 13.7. The van der Waals surface area contributed by atoms with Gasteiger partial charge in [-0.1, -0.05) is 29.3 Å². The third-order valence-corrected chi connectivity index (χ3v) is 5.53. The fraction of sp³-hybridized carbons (Fsp3) is 0.118. The van der Waals surface area contributed by atoms with Gasteiger partial charge in [0.15, 0.2) is 0 Å². The number of ether oxygens (including phenoxy) is 2. The summed E-state index contributed by atoms with van der Waals surface area (Å²) < 4.78 is 37.9. The number of hydrogen-bond acceptors (Lipinski definition) is 5. The van der Waals surface area contributed by atoms with Crippen molar-refractivity contribution in [2.75, 3.05) is 23.3 Å². The van der Waals surface area contributed by atoms with Crippen molar-refractivity contribution in [3.63, 3.8) is 0 Å². The van der Waals surface area contributed by atoms with Crippen molar-refractivity contribution in [3.8, 4) is 0 Å². The van der Waals surface area contributed by atoms with E-state index in [1.165, 1.54) is 30.5 Å². The number of benzene rings is 2. The summed E-state index contributed by atoms with van der Waals surface area (Å²) in [5.41, 5.74) is 0.511. The molecule has 142 valence electrons. The second-order valence-electron chi connectivity index (χ2n) is 5.42. The van der Waals surface area contributed by atoms with Crippen molar-refractivity contribution in [2.24, 2.45) is 0 Å². The van der Waals surface area contributed by atoms with Crippen LogP contribution in [0.4, 0.5) is 11.4 Å². The van der Waals surface area contributed by atoms with Crippen LogP contribution in [0.15, 0.2) is 59.4 Å². The molecule has 0 spiro atoms. The predicted molar refractivity (Wildman–Crippen MR) is 102 cm³/mol. The summed E-state index contributed by atoms with van der Waals surface area (Å²) in [4.78, 5) is 11.9. The first-order chi connectivity index (χ1) is 12.8. The smallest absolute Gasteiger partial charge is 0.294 e. The fourth-order valence-electron chi connectivity index (χ4n) is 2.23. The van der Waals surface area contributed by atoms with E-state index < -0.39 is 15.9 Å². The minimum atomic E-state index is -4.01. The lowest BCUT2D eigenvalue weighted by atomic mass is 10.3. The molecule has 3 rings (SSSR count). The Morgan fingerprint density at radius 2 is 1.85 bits per heavy atom. The maximum absolute atomic E-state index is 12.7. The molecular weight excluding hydrogens is 415 g/mol. The summed E-state index contributed by atoms with van der Waals surface area (Å²) in [7, 11) is -4.01. The maximum Gasteiger partial charge on any atom is 0.294 e. The van der Waals surface area contributed by atoms with E-state index in [9.17, 15) is 13.2 Å². The van der Waals surface area contributed by atoms with Gasteiger partial charge < -0.3 is 14.8 Å². The first-order valence-electron chi connectivity index (χ1n) is 7.69. The topological polar surface area (TPSA) is 93.7 Å². The number of carbonyl (C=O) groups is 1. The second-order valence-corrected chi connectivity index (χ2v) is 7.91. The average molecular weight is 429 g/mol. The molecule has 2 N–H and O–H groups in total. The SMILES string of the molecule is O=C(Nc1ccc(Cl)c(S(=O)(=O)Nc2cccc(Cl)c2)c1)C1=COCCO1. The molecule has 1 aliphatic rings. The van der Waals surface area contributed by atoms with Gasteiger partial charge in [0.2, 0.25) is 5.76 Å². The minimum Gasteiger partial charge on any atom is -0.494 e. The molecule has 1 heterocycles. The molecule has 0 radical (unpaired) electrons. The zero-order chi connectivity index (χ0) is 19.4. The van der Waals surface area contributed by atoms with E-state index in [2.05, 4.69) is 10.0 Å². The van der Waals surface area contributed by atoms with Crippen LogP contribution in [0.2, 0.25) is 10.0 Å². The van der Waals surface area contributed by atoms with Gasteiger partial charge in [-0.05, 0) is 36.4 Å². The number of anilines is 2. The Balaban J connectivity index is 1.84. The van der Waals surface area contributed by atoms with E-state index >= 15 is 0 Å². The molecule has 1 aliphatic heterocycles. The van der Waals surface area contributed by atoms with Crippen molar-refractivity contribution in [2.45, 2.75) is 4.90 Å². The number of halogens is 2. The molecule has 0 saturated heterocycles. The largest absolute Gasteiger partial charge is 0.494 e. The fourth-order valence-corrected chi connectivity index (χ4v) is 4.00. The summed E-state index contributed by atoms with van der Waals surface area (Å²) in [6.45, 7) is 0.609. The number of rotatable bonds is 5. The van der Waals surface area contributed by atoms with Crippen LogP contribution in [-0.2, 0) is 24.3 Å². The number of amides is 1. The molecule has 1 amide bonds. The Morgan fingerprint density at radius 1 is 1.04 bits per heavy atom. The third-order valence-electron chi connectivity index (χ3n) is 3.43. The van der Waals surface area contributed by atoms with Gasteiger partial charge in [0.05, 0.1) is 10.7 Å². The van der Waals surface area contributed by atoms with Gasteiger partial charge in [0.1, 0.15) is 24.4 Å². The van der Waals surface area contributed by atoms with Crippen LogP contribution in [0, 0.1) is 0 Å². The van der Waals surface area contributed by atoms with E-state index in [1.807, 2.05) is 0 Å². The molecule has 7 nitrogen and oxygen atoms in total. The highest BCUT2D eigenvalue weighted by molar-refractivity contribution is 7.92. The van der Waals surface area contributed by atoms with Crippen LogP contribution in [-0.4, -0.2) is 27.5 Å². The normalized spacial score (nSPS) is 13.8. The summed E-state index contributed by atoms with van der Waals surface area (Å²) in [5.74, 6) is -0.569. The minimum absolute atomic E-state index is 0.000933. The molecule has 0 atom stereocenters. The lowest BCUT2D eigenvalue weighted by Crippen LogP contribution is -2.21. The van der Waals surface area contributed by atoms with E-state index in [0.717, 1.165) is 0 Å². The molecule has 27 heavy (non-hydrogen) atoms. The van der Waals surface area contributed by atoms with Gasteiger partial charge in [-0.15, -0.1) is 0 Å². The van der Waals surface area contributed by atoms with Gasteiger partial charge in [-0.2, -0.15) is 0 Å². The molecule has 0 saturated carbocycles. The molecule has 0 bridgehead atoms. The van der Waals surface area contributed by atoms with Crippen molar-refractivity contribution >= 4 is 50.5 Å². The Kier molecular flexibility index (Phi) is 5.79. The summed E-state index contributed by atoms with van der Waals surface area (Å²) in [5, 5.41) is 2.92. The standard InChI is InChI=1S/C17H14Cl2N2O5S/c18-11-2-1-3-13(8-11)21-27(23,24)16-9-12(4-5-14(16)19)20-17(22)15-10-25-6-7-26-15/h1-5,8-10,21H,6-7H2,(H,20,22). The highest BCUT2D eigenvalue weighted by Gasteiger charge is 2.21. The summed E-state index contributed by atoms with van der Waals surface area (Å²) in [6, 6.07) is 10.3. The second kappa shape index (κ2) is 8.08. The Bertz CT molecular complexity index is 1010. The van der Waals surface area contributed by atoms with Gasteiger partial charge in [-0.3, -0.25) is 9.52 Å². The Hall–Kier alpha value is -2.42. The molecular formula is C17H14Cl2N2O5S. The van der Waals surface area contributed by atoms with Gasteiger partial charge >= 0.3 is 0 Å². The first kappa shape index (κ1) is 19.3. The van der Waals surface area contributed by atoms with E-state index in [-0.39, 0.29) is 33.7 Å². The lowest BCUT2D eigenvalue weighted by molar-refractivity contribution is -0.117. The van der Waals surface area contributed by atoms with E-state index in [0.29, 0.717) is 11.6 Å². The number of sulfonamides is 1.